The molecule has 1 aliphatic heterocycles. The summed E-state index contributed by atoms with van der Waals surface area (Å²) in [5.41, 5.74) is 1.09. The van der Waals surface area contributed by atoms with Crippen molar-refractivity contribution in [2.75, 3.05) is 33.6 Å². The van der Waals surface area contributed by atoms with Crippen LogP contribution in [0, 0.1) is 0 Å². The van der Waals surface area contributed by atoms with Crippen molar-refractivity contribution >= 4 is 5.91 Å². The number of methoxy groups -OCH3 is 1. The maximum atomic E-state index is 11.8. The summed E-state index contributed by atoms with van der Waals surface area (Å²) in [6, 6.07) is 13.2. The van der Waals surface area contributed by atoms with Crippen molar-refractivity contribution in [1.29, 1.82) is 0 Å². The van der Waals surface area contributed by atoms with Crippen LogP contribution in [-0.4, -0.2) is 39.5 Å². The molecule has 0 aliphatic carbocycles. The van der Waals surface area contributed by atoms with Crippen LogP contribution < -0.4 is 29.6 Å². The molecule has 2 aromatic carbocycles. The number of amides is 1. The van der Waals surface area contributed by atoms with E-state index in [9.17, 15) is 4.79 Å². The van der Waals surface area contributed by atoms with Crippen molar-refractivity contribution in [3.05, 3.63) is 48.0 Å². The minimum atomic E-state index is -0.00785. The largest absolute Gasteiger partial charge is 0.497 e. The van der Waals surface area contributed by atoms with Crippen LogP contribution in [-0.2, 0) is 11.3 Å². The van der Waals surface area contributed by atoms with Crippen LogP contribution in [0.4, 0.5) is 0 Å². The van der Waals surface area contributed by atoms with E-state index in [4.69, 9.17) is 18.9 Å². The zero-order valence-corrected chi connectivity index (χ0v) is 15.3. The lowest BCUT2D eigenvalue weighted by Crippen LogP contribution is -2.30. The molecular formula is C20H24N2O5. The summed E-state index contributed by atoms with van der Waals surface area (Å²) < 4.78 is 21.3. The van der Waals surface area contributed by atoms with Crippen LogP contribution in [0.5, 0.6) is 23.0 Å². The molecule has 2 aromatic rings. The Bertz CT molecular complexity index is 749. The van der Waals surface area contributed by atoms with Crippen LogP contribution in [0.2, 0.25) is 0 Å². The van der Waals surface area contributed by atoms with Gasteiger partial charge in [0.2, 0.25) is 12.7 Å². The van der Waals surface area contributed by atoms with Crippen molar-refractivity contribution in [3.8, 4) is 23.0 Å². The van der Waals surface area contributed by atoms with Gasteiger partial charge in [0.15, 0.2) is 11.5 Å². The Labute approximate surface area is 158 Å². The van der Waals surface area contributed by atoms with Crippen LogP contribution >= 0.6 is 0 Å². The summed E-state index contributed by atoms with van der Waals surface area (Å²) in [6.45, 7) is 2.42. The molecule has 0 bridgehead atoms. The van der Waals surface area contributed by atoms with Gasteiger partial charge in [0, 0.05) is 19.5 Å². The van der Waals surface area contributed by atoms with Crippen LogP contribution in [0.15, 0.2) is 42.5 Å². The third-order valence-corrected chi connectivity index (χ3v) is 4.05. The van der Waals surface area contributed by atoms with Gasteiger partial charge in [-0.05, 0) is 42.0 Å². The van der Waals surface area contributed by atoms with E-state index in [1.807, 2.05) is 42.5 Å². The SMILES string of the molecule is COc1ccc(OCCNC(=O)CCNCc2ccc3c(c2)OCO3)cc1. The predicted molar refractivity (Wildman–Crippen MR) is 100 cm³/mol. The summed E-state index contributed by atoms with van der Waals surface area (Å²) in [5, 5.41) is 6.09. The first-order valence-electron chi connectivity index (χ1n) is 8.87. The van der Waals surface area contributed by atoms with Gasteiger partial charge in [0.1, 0.15) is 18.1 Å². The second-order valence-electron chi connectivity index (χ2n) is 5.99. The molecule has 0 atom stereocenters. The van der Waals surface area contributed by atoms with E-state index in [1.165, 1.54) is 0 Å². The highest BCUT2D eigenvalue weighted by Gasteiger charge is 2.12. The summed E-state index contributed by atoms with van der Waals surface area (Å²) in [7, 11) is 1.62. The summed E-state index contributed by atoms with van der Waals surface area (Å²) in [6.07, 6.45) is 0.410. The highest BCUT2D eigenvalue weighted by atomic mass is 16.7. The average molecular weight is 372 g/mol. The highest BCUT2D eigenvalue weighted by molar-refractivity contribution is 5.76. The molecule has 1 amide bonds. The molecule has 1 heterocycles. The van der Waals surface area contributed by atoms with Crippen LogP contribution in [0.3, 0.4) is 0 Å². The van der Waals surface area contributed by atoms with Crippen molar-refractivity contribution in [2.45, 2.75) is 13.0 Å². The minimum Gasteiger partial charge on any atom is -0.497 e. The first-order chi connectivity index (χ1) is 13.2. The smallest absolute Gasteiger partial charge is 0.231 e. The first kappa shape index (κ1) is 18.8. The zero-order chi connectivity index (χ0) is 18.9. The maximum absolute atomic E-state index is 11.8. The number of hydrogen-bond donors (Lipinski definition) is 2. The molecule has 7 nitrogen and oxygen atoms in total. The summed E-state index contributed by atoms with van der Waals surface area (Å²) >= 11 is 0. The number of nitrogens with one attached hydrogen (secondary N) is 2. The van der Waals surface area contributed by atoms with E-state index in [0.29, 0.717) is 32.7 Å². The molecule has 0 radical (unpaired) electrons. The Morgan fingerprint density at radius 2 is 1.81 bits per heavy atom. The van der Waals surface area contributed by atoms with Gasteiger partial charge in [-0.15, -0.1) is 0 Å². The van der Waals surface area contributed by atoms with Gasteiger partial charge in [-0.25, -0.2) is 0 Å². The van der Waals surface area contributed by atoms with E-state index in [2.05, 4.69) is 10.6 Å². The summed E-state index contributed by atoms with van der Waals surface area (Å²) in [5.74, 6) is 3.06. The van der Waals surface area contributed by atoms with Crippen LogP contribution in [0.1, 0.15) is 12.0 Å². The Kier molecular flexibility index (Phi) is 6.76. The topological polar surface area (TPSA) is 78.1 Å². The van der Waals surface area contributed by atoms with E-state index in [1.54, 1.807) is 7.11 Å². The average Bonchev–Trinajstić information content (AvgIpc) is 3.17. The molecule has 0 saturated carbocycles. The van der Waals surface area contributed by atoms with E-state index < -0.39 is 0 Å². The lowest BCUT2D eigenvalue weighted by Gasteiger charge is -2.09. The minimum absolute atomic E-state index is 0.00785. The fraction of sp³-hybridized carbons (Fsp3) is 0.350. The Morgan fingerprint density at radius 1 is 1.04 bits per heavy atom. The fourth-order valence-electron chi connectivity index (χ4n) is 2.61. The molecule has 27 heavy (non-hydrogen) atoms. The highest BCUT2D eigenvalue weighted by Crippen LogP contribution is 2.32. The third kappa shape index (κ3) is 5.79. The van der Waals surface area contributed by atoms with Crippen molar-refractivity contribution < 1.29 is 23.7 Å². The molecule has 0 unspecified atom stereocenters. The lowest BCUT2D eigenvalue weighted by atomic mass is 10.2. The van der Waals surface area contributed by atoms with Gasteiger partial charge in [0.25, 0.3) is 0 Å². The van der Waals surface area contributed by atoms with Gasteiger partial charge in [-0.1, -0.05) is 6.07 Å². The second kappa shape index (κ2) is 9.68. The van der Waals surface area contributed by atoms with Gasteiger partial charge in [-0.2, -0.15) is 0 Å². The molecule has 144 valence electrons. The first-order valence-corrected chi connectivity index (χ1v) is 8.87. The molecule has 7 heteroatoms. The number of ether oxygens (including phenoxy) is 4. The zero-order valence-electron chi connectivity index (χ0n) is 15.3. The fourth-order valence-corrected chi connectivity index (χ4v) is 2.61. The van der Waals surface area contributed by atoms with Crippen LogP contribution in [0.25, 0.3) is 0 Å². The molecule has 0 aromatic heterocycles. The number of benzene rings is 2. The molecule has 0 spiro atoms. The standard InChI is InChI=1S/C20H24N2O5/c1-24-16-3-5-17(6-4-16)25-11-10-22-20(23)8-9-21-13-15-2-7-18-19(12-15)27-14-26-18/h2-7,12,21H,8-11,13-14H2,1H3,(H,22,23). The molecule has 1 aliphatic rings. The maximum Gasteiger partial charge on any atom is 0.231 e. The number of carbonyl (C=O) groups is 1. The number of rotatable bonds is 10. The lowest BCUT2D eigenvalue weighted by molar-refractivity contribution is -0.121. The van der Waals surface area contributed by atoms with Crippen molar-refractivity contribution in [3.63, 3.8) is 0 Å². The van der Waals surface area contributed by atoms with Gasteiger partial charge in [-0.3, -0.25) is 4.79 Å². The Balaban J connectivity index is 1.25. The number of fused-ring (bicyclic) bond motifs is 1. The molecular weight excluding hydrogens is 348 g/mol. The third-order valence-electron chi connectivity index (χ3n) is 4.05. The molecule has 0 fully saturated rings. The normalized spacial score (nSPS) is 11.9. The summed E-state index contributed by atoms with van der Waals surface area (Å²) in [4.78, 5) is 11.8. The Hall–Kier alpha value is -2.93. The van der Waals surface area contributed by atoms with Gasteiger partial charge in [0.05, 0.1) is 13.7 Å². The van der Waals surface area contributed by atoms with E-state index in [0.717, 1.165) is 28.6 Å². The van der Waals surface area contributed by atoms with Crippen molar-refractivity contribution in [2.24, 2.45) is 0 Å². The molecule has 0 saturated heterocycles. The number of hydrogen-bond acceptors (Lipinski definition) is 6. The quantitative estimate of drug-likeness (QED) is 0.622. The monoisotopic (exact) mass is 372 g/mol. The molecule has 2 N–H and O–H groups in total. The van der Waals surface area contributed by atoms with Gasteiger partial charge >= 0.3 is 0 Å². The predicted octanol–water partition coefficient (Wildman–Crippen LogP) is 2.10. The van der Waals surface area contributed by atoms with Crippen molar-refractivity contribution in [1.82, 2.24) is 10.6 Å². The number of carbonyl (C=O) groups excluding carboxylic acids is 1. The van der Waals surface area contributed by atoms with E-state index in [-0.39, 0.29) is 12.7 Å². The van der Waals surface area contributed by atoms with Gasteiger partial charge < -0.3 is 29.6 Å². The molecule has 3 rings (SSSR count). The van der Waals surface area contributed by atoms with E-state index >= 15 is 0 Å². The Morgan fingerprint density at radius 3 is 2.63 bits per heavy atom. The second-order valence-corrected chi connectivity index (χ2v) is 5.99.